The molecule has 124 valence electrons. The molecule has 1 unspecified atom stereocenters. The van der Waals surface area contributed by atoms with E-state index in [1.54, 1.807) is 0 Å². The van der Waals surface area contributed by atoms with Gasteiger partial charge in [0, 0.05) is 19.0 Å². The SMILES string of the molecule is CC(C)CC1CCCCCN1Cc1nnc2n1CCCCC2. The van der Waals surface area contributed by atoms with E-state index in [0.717, 1.165) is 31.5 Å². The van der Waals surface area contributed by atoms with E-state index < -0.39 is 0 Å². The first kappa shape index (κ1) is 16.0. The summed E-state index contributed by atoms with van der Waals surface area (Å²) in [5.74, 6) is 3.22. The number of hydrogen-bond donors (Lipinski definition) is 0. The van der Waals surface area contributed by atoms with Crippen LogP contribution < -0.4 is 0 Å². The summed E-state index contributed by atoms with van der Waals surface area (Å²) in [5, 5.41) is 9.03. The summed E-state index contributed by atoms with van der Waals surface area (Å²) in [5.41, 5.74) is 0. The second kappa shape index (κ2) is 7.58. The zero-order valence-corrected chi connectivity index (χ0v) is 14.4. The molecule has 1 aromatic heterocycles. The van der Waals surface area contributed by atoms with Crippen molar-refractivity contribution >= 4 is 0 Å². The summed E-state index contributed by atoms with van der Waals surface area (Å²) in [6, 6.07) is 0.737. The normalized spacial score (nSPS) is 24.0. The quantitative estimate of drug-likeness (QED) is 0.848. The Morgan fingerprint density at radius 3 is 2.68 bits per heavy atom. The molecule has 0 spiro atoms. The molecular weight excluding hydrogens is 272 g/mol. The standard InChI is InChI=1S/C18H32N4/c1-15(2)13-16-9-5-3-7-11-21(16)14-18-20-19-17-10-6-4-8-12-22(17)18/h15-16H,3-14H2,1-2H3. The summed E-state index contributed by atoms with van der Waals surface area (Å²) in [4.78, 5) is 2.70. The fourth-order valence-corrected chi connectivity index (χ4v) is 4.10. The first-order valence-electron chi connectivity index (χ1n) is 9.39. The maximum absolute atomic E-state index is 4.55. The van der Waals surface area contributed by atoms with Crippen molar-refractivity contribution in [2.24, 2.45) is 5.92 Å². The van der Waals surface area contributed by atoms with E-state index in [9.17, 15) is 0 Å². The fraction of sp³-hybridized carbons (Fsp3) is 0.889. The van der Waals surface area contributed by atoms with Crippen LogP contribution in [0.3, 0.4) is 0 Å². The van der Waals surface area contributed by atoms with Gasteiger partial charge in [0.1, 0.15) is 11.6 Å². The molecule has 1 saturated heterocycles. The molecule has 0 saturated carbocycles. The van der Waals surface area contributed by atoms with Gasteiger partial charge in [-0.1, -0.05) is 33.1 Å². The van der Waals surface area contributed by atoms with Crippen LogP contribution in [-0.2, 0) is 19.5 Å². The van der Waals surface area contributed by atoms with Crippen LogP contribution in [0.2, 0.25) is 0 Å². The molecule has 1 fully saturated rings. The van der Waals surface area contributed by atoms with E-state index in [1.165, 1.54) is 69.6 Å². The van der Waals surface area contributed by atoms with Gasteiger partial charge < -0.3 is 4.57 Å². The molecule has 0 amide bonds. The minimum Gasteiger partial charge on any atom is -0.314 e. The van der Waals surface area contributed by atoms with Crippen LogP contribution in [0.5, 0.6) is 0 Å². The molecule has 0 radical (unpaired) electrons. The monoisotopic (exact) mass is 304 g/mol. The number of nitrogens with zero attached hydrogens (tertiary/aromatic N) is 4. The second-order valence-corrected chi connectivity index (χ2v) is 7.60. The molecule has 4 nitrogen and oxygen atoms in total. The predicted molar refractivity (Wildman–Crippen MR) is 89.7 cm³/mol. The van der Waals surface area contributed by atoms with Crippen LogP contribution in [0, 0.1) is 5.92 Å². The molecule has 3 rings (SSSR count). The fourth-order valence-electron chi connectivity index (χ4n) is 4.10. The maximum Gasteiger partial charge on any atom is 0.147 e. The molecule has 0 bridgehead atoms. The highest BCUT2D eigenvalue weighted by atomic mass is 15.3. The third-order valence-corrected chi connectivity index (χ3v) is 5.27. The van der Waals surface area contributed by atoms with Crippen molar-refractivity contribution in [1.82, 2.24) is 19.7 Å². The van der Waals surface area contributed by atoms with Crippen LogP contribution in [0.4, 0.5) is 0 Å². The molecule has 1 atom stereocenters. The number of rotatable bonds is 4. The lowest BCUT2D eigenvalue weighted by molar-refractivity contribution is 0.162. The number of likely N-dealkylation sites (tertiary alicyclic amines) is 1. The summed E-state index contributed by atoms with van der Waals surface area (Å²) in [6.07, 6.45) is 11.8. The molecule has 22 heavy (non-hydrogen) atoms. The van der Waals surface area contributed by atoms with Gasteiger partial charge in [-0.15, -0.1) is 10.2 Å². The van der Waals surface area contributed by atoms with E-state index in [0.29, 0.717) is 0 Å². The Kier molecular flexibility index (Phi) is 5.51. The Hall–Kier alpha value is -0.900. The summed E-state index contributed by atoms with van der Waals surface area (Å²) < 4.78 is 2.42. The Morgan fingerprint density at radius 1 is 1.00 bits per heavy atom. The van der Waals surface area contributed by atoms with Crippen LogP contribution in [0.1, 0.15) is 76.9 Å². The van der Waals surface area contributed by atoms with Gasteiger partial charge in [0.05, 0.1) is 6.54 Å². The van der Waals surface area contributed by atoms with Gasteiger partial charge >= 0.3 is 0 Å². The molecule has 2 aliphatic rings. The molecule has 0 aliphatic carbocycles. The minimum atomic E-state index is 0.737. The molecule has 3 heterocycles. The molecule has 4 heteroatoms. The molecule has 1 aromatic rings. The Balaban J connectivity index is 1.73. The second-order valence-electron chi connectivity index (χ2n) is 7.60. The third-order valence-electron chi connectivity index (χ3n) is 5.27. The minimum absolute atomic E-state index is 0.737. The van der Waals surface area contributed by atoms with Crippen molar-refractivity contribution in [3.8, 4) is 0 Å². The Bertz CT molecular complexity index is 466. The average molecular weight is 304 g/mol. The Morgan fingerprint density at radius 2 is 1.82 bits per heavy atom. The average Bonchev–Trinajstić information content (AvgIpc) is 2.68. The van der Waals surface area contributed by atoms with E-state index in [2.05, 4.69) is 33.5 Å². The zero-order chi connectivity index (χ0) is 15.4. The van der Waals surface area contributed by atoms with Crippen LogP contribution in [0.25, 0.3) is 0 Å². The highest BCUT2D eigenvalue weighted by Gasteiger charge is 2.24. The Labute approximate surface area is 135 Å². The van der Waals surface area contributed by atoms with Crippen molar-refractivity contribution in [3.63, 3.8) is 0 Å². The zero-order valence-electron chi connectivity index (χ0n) is 14.4. The molecule has 0 aromatic carbocycles. The number of fused-ring (bicyclic) bond motifs is 1. The van der Waals surface area contributed by atoms with Gasteiger partial charge in [-0.25, -0.2) is 0 Å². The number of aromatic nitrogens is 3. The van der Waals surface area contributed by atoms with E-state index >= 15 is 0 Å². The third kappa shape index (κ3) is 3.89. The van der Waals surface area contributed by atoms with Gasteiger partial charge in [0.25, 0.3) is 0 Å². The van der Waals surface area contributed by atoms with Crippen LogP contribution in [-0.4, -0.2) is 32.3 Å². The summed E-state index contributed by atoms with van der Waals surface area (Å²) in [6.45, 7) is 8.07. The molecule has 2 aliphatic heterocycles. The smallest absolute Gasteiger partial charge is 0.147 e. The van der Waals surface area contributed by atoms with Crippen molar-refractivity contribution < 1.29 is 0 Å². The van der Waals surface area contributed by atoms with Crippen molar-refractivity contribution in [2.45, 2.75) is 90.8 Å². The van der Waals surface area contributed by atoms with Crippen LogP contribution in [0.15, 0.2) is 0 Å². The lowest BCUT2D eigenvalue weighted by Crippen LogP contribution is -2.36. The maximum atomic E-state index is 4.55. The van der Waals surface area contributed by atoms with E-state index in [1.807, 2.05) is 0 Å². The van der Waals surface area contributed by atoms with Gasteiger partial charge in [0.2, 0.25) is 0 Å². The number of hydrogen-bond acceptors (Lipinski definition) is 3. The summed E-state index contributed by atoms with van der Waals surface area (Å²) in [7, 11) is 0. The first-order valence-corrected chi connectivity index (χ1v) is 9.39. The van der Waals surface area contributed by atoms with Crippen molar-refractivity contribution in [1.29, 1.82) is 0 Å². The summed E-state index contributed by atoms with van der Waals surface area (Å²) >= 11 is 0. The molecular formula is C18H32N4. The van der Waals surface area contributed by atoms with Gasteiger partial charge in [0.15, 0.2) is 0 Å². The topological polar surface area (TPSA) is 34.0 Å². The van der Waals surface area contributed by atoms with Crippen molar-refractivity contribution in [3.05, 3.63) is 11.6 Å². The predicted octanol–water partition coefficient (Wildman–Crippen LogP) is 3.80. The number of aryl methyl sites for hydroxylation is 1. The van der Waals surface area contributed by atoms with Crippen molar-refractivity contribution in [2.75, 3.05) is 6.54 Å². The van der Waals surface area contributed by atoms with Gasteiger partial charge in [-0.05, 0) is 44.6 Å². The van der Waals surface area contributed by atoms with Gasteiger partial charge in [-0.2, -0.15) is 0 Å². The van der Waals surface area contributed by atoms with Crippen LogP contribution >= 0.6 is 0 Å². The van der Waals surface area contributed by atoms with E-state index in [4.69, 9.17) is 0 Å². The first-order chi connectivity index (χ1) is 10.7. The lowest BCUT2D eigenvalue weighted by atomic mass is 9.99. The van der Waals surface area contributed by atoms with Gasteiger partial charge in [-0.3, -0.25) is 4.90 Å². The highest BCUT2D eigenvalue weighted by molar-refractivity contribution is 4.98. The van der Waals surface area contributed by atoms with E-state index in [-0.39, 0.29) is 0 Å². The molecule has 0 N–H and O–H groups in total. The highest BCUT2D eigenvalue weighted by Crippen LogP contribution is 2.24. The lowest BCUT2D eigenvalue weighted by Gasteiger charge is -2.31. The largest absolute Gasteiger partial charge is 0.314 e.